The average Bonchev–Trinajstić information content (AvgIpc) is 2.60. The highest BCUT2D eigenvalue weighted by atomic mass is 15.1. The quantitative estimate of drug-likeness (QED) is 0.523. The molecule has 0 saturated heterocycles. The molecule has 0 bridgehead atoms. The standard InChI is InChI=1S/C27H42N2/c1-26(2,3)24-14-9-12-22(18-24)20-28(7)16-11-17-29(8)21-23-13-10-15-25(19-23)27(4,5)6/h9-10,12-15,18-19H,11,16-17,20-21H2,1-8H3. The van der Waals surface area contributed by atoms with Gasteiger partial charge < -0.3 is 9.80 Å². The molecule has 0 heterocycles. The predicted octanol–water partition coefficient (Wildman–Crippen LogP) is 6.24. The van der Waals surface area contributed by atoms with Gasteiger partial charge in [0.1, 0.15) is 0 Å². The van der Waals surface area contributed by atoms with E-state index in [4.69, 9.17) is 0 Å². The van der Waals surface area contributed by atoms with Gasteiger partial charge in [-0.1, -0.05) is 90.1 Å². The van der Waals surface area contributed by atoms with Crippen molar-refractivity contribution < 1.29 is 0 Å². The van der Waals surface area contributed by atoms with E-state index in [2.05, 4.69) is 114 Å². The smallest absolute Gasteiger partial charge is 0.0230 e. The molecular weight excluding hydrogens is 352 g/mol. The van der Waals surface area contributed by atoms with E-state index in [0.717, 1.165) is 26.2 Å². The normalized spacial score (nSPS) is 12.8. The molecule has 2 aromatic rings. The highest BCUT2D eigenvalue weighted by molar-refractivity contribution is 5.29. The molecule has 29 heavy (non-hydrogen) atoms. The summed E-state index contributed by atoms with van der Waals surface area (Å²) in [5.41, 5.74) is 6.07. The van der Waals surface area contributed by atoms with Gasteiger partial charge in [0.15, 0.2) is 0 Å². The molecule has 0 amide bonds. The van der Waals surface area contributed by atoms with Crippen LogP contribution in [0.2, 0.25) is 0 Å². The van der Waals surface area contributed by atoms with Gasteiger partial charge >= 0.3 is 0 Å². The van der Waals surface area contributed by atoms with Crippen LogP contribution in [-0.4, -0.2) is 37.0 Å². The Hall–Kier alpha value is -1.64. The van der Waals surface area contributed by atoms with Gasteiger partial charge in [0, 0.05) is 13.1 Å². The summed E-state index contributed by atoms with van der Waals surface area (Å²) in [6.07, 6.45) is 1.19. The average molecular weight is 395 g/mol. The van der Waals surface area contributed by atoms with Crippen molar-refractivity contribution in [2.75, 3.05) is 27.2 Å². The van der Waals surface area contributed by atoms with Crippen molar-refractivity contribution in [3.63, 3.8) is 0 Å². The first-order valence-corrected chi connectivity index (χ1v) is 11.0. The van der Waals surface area contributed by atoms with Crippen molar-refractivity contribution in [2.24, 2.45) is 0 Å². The van der Waals surface area contributed by atoms with Crippen LogP contribution < -0.4 is 0 Å². The number of hydrogen-bond acceptors (Lipinski definition) is 2. The summed E-state index contributed by atoms with van der Waals surface area (Å²) in [5.74, 6) is 0. The van der Waals surface area contributed by atoms with Crippen LogP contribution in [0.5, 0.6) is 0 Å². The summed E-state index contributed by atoms with van der Waals surface area (Å²) < 4.78 is 0. The van der Waals surface area contributed by atoms with Crippen LogP contribution in [0.4, 0.5) is 0 Å². The fourth-order valence-corrected chi connectivity index (χ4v) is 3.66. The Kier molecular flexibility index (Phi) is 8.08. The molecule has 2 heteroatoms. The minimum atomic E-state index is 0.210. The molecule has 2 aromatic carbocycles. The Morgan fingerprint density at radius 1 is 0.621 bits per heavy atom. The van der Waals surface area contributed by atoms with Crippen molar-refractivity contribution in [2.45, 2.75) is 71.9 Å². The van der Waals surface area contributed by atoms with Crippen LogP contribution in [0.1, 0.15) is 70.2 Å². The lowest BCUT2D eigenvalue weighted by Gasteiger charge is -2.23. The van der Waals surface area contributed by atoms with Crippen molar-refractivity contribution in [3.8, 4) is 0 Å². The van der Waals surface area contributed by atoms with Gasteiger partial charge in [-0.15, -0.1) is 0 Å². The maximum atomic E-state index is 2.44. The van der Waals surface area contributed by atoms with Crippen molar-refractivity contribution in [3.05, 3.63) is 70.8 Å². The molecule has 0 aliphatic rings. The first kappa shape index (κ1) is 23.6. The number of hydrogen-bond donors (Lipinski definition) is 0. The molecule has 0 N–H and O–H groups in total. The summed E-state index contributed by atoms with van der Waals surface area (Å²) in [5, 5.41) is 0. The SMILES string of the molecule is CN(CCCN(C)Cc1cccc(C(C)(C)C)c1)Cc1cccc(C(C)(C)C)c1. The zero-order chi connectivity index (χ0) is 21.7. The molecule has 0 radical (unpaired) electrons. The predicted molar refractivity (Wildman–Crippen MR) is 128 cm³/mol. The molecule has 0 unspecified atom stereocenters. The highest BCUT2D eigenvalue weighted by Crippen LogP contribution is 2.24. The second kappa shape index (κ2) is 9.91. The minimum Gasteiger partial charge on any atom is -0.302 e. The van der Waals surface area contributed by atoms with Crippen LogP contribution >= 0.6 is 0 Å². The van der Waals surface area contributed by atoms with Gasteiger partial charge in [-0.25, -0.2) is 0 Å². The molecule has 0 atom stereocenters. The summed E-state index contributed by atoms with van der Waals surface area (Å²) in [7, 11) is 4.47. The number of rotatable bonds is 8. The number of benzene rings is 2. The second-order valence-corrected chi connectivity index (χ2v) is 10.7. The second-order valence-electron chi connectivity index (χ2n) is 10.7. The Balaban J connectivity index is 1.79. The molecule has 2 rings (SSSR count). The zero-order valence-electron chi connectivity index (χ0n) is 20.0. The van der Waals surface area contributed by atoms with E-state index >= 15 is 0 Å². The van der Waals surface area contributed by atoms with E-state index in [1.807, 2.05) is 0 Å². The molecule has 0 aliphatic carbocycles. The third-order valence-electron chi connectivity index (χ3n) is 5.57. The van der Waals surface area contributed by atoms with E-state index < -0.39 is 0 Å². The van der Waals surface area contributed by atoms with Gasteiger partial charge in [0.2, 0.25) is 0 Å². The Labute approximate surface area is 179 Å². The first-order valence-electron chi connectivity index (χ1n) is 11.0. The maximum Gasteiger partial charge on any atom is 0.0230 e. The highest BCUT2D eigenvalue weighted by Gasteiger charge is 2.15. The Bertz CT molecular complexity index is 699. The summed E-state index contributed by atoms with van der Waals surface area (Å²) in [4.78, 5) is 4.88. The van der Waals surface area contributed by atoms with Crippen molar-refractivity contribution in [1.82, 2.24) is 9.80 Å². The van der Waals surface area contributed by atoms with Crippen molar-refractivity contribution >= 4 is 0 Å². The fourth-order valence-electron chi connectivity index (χ4n) is 3.66. The summed E-state index contributed by atoms with van der Waals surface area (Å²) in [6, 6.07) is 18.1. The van der Waals surface area contributed by atoms with Gasteiger partial charge in [-0.3, -0.25) is 0 Å². The molecule has 0 fully saturated rings. The topological polar surface area (TPSA) is 6.48 Å². The zero-order valence-corrected chi connectivity index (χ0v) is 20.0. The number of nitrogens with zero attached hydrogens (tertiary/aromatic N) is 2. The Morgan fingerprint density at radius 3 is 1.34 bits per heavy atom. The monoisotopic (exact) mass is 394 g/mol. The van der Waals surface area contributed by atoms with Crippen LogP contribution in [0.3, 0.4) is 0 Å². The lowest BCUT2D eigenvalue weighted by Crippen LogP contribution is -2.25. The molecule has 0 aromatic heterocycles. The van der Waals surface area contributed by atoms with Crippen molar-refractivity contribution in [1.29, 1.82) is 0 Å². The van der Waals surface area contributed by atoms with E-state index in [1.54, 1.807) is 0 Å². The van der Waals surface area contributed by atoms with E-state index in [1.165, 1.54) is 28.7 Å². The van der Waals surface area contributed by atoms with Crippen LogP contribution in [-0.2, 0) is 23.9 Å². The van der Waals surface area contributed by atoms with Gasteiger partial charge in [-0.05, 0) is 66.7 Å². The summed E-state index contributed by atoms with van der Waals surface area (Å²) >= 11 is 0. The molecule has 2 nitrogen and oxygen atoms in total. The van der Waals surface area contributed by atoms with Crippen LogP contribution in [0, 0.1) is 0 Å². The Morgan fingerprint density at radius 2 is 1.00 bits per heavy atom. The molecule has 0 spiro atoms. The molecule has 0 saturated carbocycles. The molecule has 0 aliphatic heterocycles. The maximum absolute atomic E-state index is 2.44. The fraction of sp³-hybridized carbons (Fsp3) is 0.556. The van der Waals surface area contributed by atoms with Gasteiger partial charge in [0.05, 0.1) is 0 Å². The lowest BCUT2D eigenvalue weighted by atomic mass is 9.86. The largest absolute Gasteiger partial charge is 0.302 e. The lowest BCUT2D eigenvalue weighted by molar-refractivity contribution is 0.270. The third-order valence-corrected chi connectivity index (χ3v) is 5.57. The minimum absolute atomic E-state index is 0.210. The van der Waals surface area contributed by atoms with Crippen LogP contribution in [0.15, 0.2) is 48.5 Å². The van der Waals surface area contributed by atoms with E-state index in [-0.39, 0.29) is 10.8 Å². The van der Waals surface area contributed by atoms with Crippen LogP contribution in [0.25, 0.3) is 0 Å². The first-order chi connectivity index (χ1) is 13.4. The van der Waals surface area contributed by atoms with Gasteiger partial charge in [-0.2, -0.15) is 0 Å². The molecule has 160 valence electrons. The molecular formula is C27H42N2. The third kappa shape index (κ3) is 7.95. The van der Waals surface area contributed by atoms with Gasteiger partial charge in [0.25, 0.3) is 0 Å². The van der Waals surface area contributed by atoms with E-state index in [9.17, 15) is 0 Å². The van der Waals surface area contributed by atoms with E-state index in [0.29, 0.717) is 0 Å². The summed E-state index contributed by atoms with van der Waals surface area (Å²) in [6.45, 7) is 17.9.